The van der Waals surface area contributed by atoms with Crippen LogP contribution in [0.25, 0.3) is 0 Å². The van der Waals surface area contributed by atoms with Crippen molar-refractivity contribution in [3.63, 3.8) is 0 Å². The van der Waals surface area contributed by atoms with Crippen LogP contribution in [0.4, 0.5) is 0 Å². The summed E-state index contributed by atoms with van der Waals surface area (Å²) in [5, 5.41) is 0. The molecule has 1 saturated heterocycles. The van der Waals surface area contributed by atoms with E-state index in [4.69, 9.17) is 0 Å². The van der Waals surface area contributed by atoms with Crippen molar-refractivity contribution in [2.45, 2.75) is 13.5 Å². The molecule has 0 spiro atoms. The molecule has 3 heteroatoms. The van der Waals surface area contributed by atoms with Crippen molar-refractivity contribution in [2.75, 3.05) is 33.2 Å². The SMILES string of the molecule is Cc1ccc(CN2CCN(C)CC2)cc1I. The Bertz CT molecular complexity index is 357. The van der Waals surface area contributed by atoms with Gasteiger partial charge in [0.15, 0.2) is 0 Å². The molecule has 1 aromatic rings. The maximum atomic E-state index is 2.54. The molecule has 1 heterocycles. The number of halogens is 1. The number of likely N-dealkylation sites (N-methyl/N-ethyl adjacent to an activating group) is 1. The molecule has 0 aliphatic carbocycles. The first-order valence-electron chi connectivity index (χ1n) is 5.81. The molecule has 0 amide bonds. The van der Waals surface area contributed by atoms with Gasteiger partial charge in [0.1, 0.15) is 0 Å². The topological polar surface area (TPSA) is 6.48 Å². The molecule has 0 atom stereocenters. The standard InChI is InChI=1S/C13H19IN2/c1-11-3-4-12(9-13(11)14)10-16-7-5-15(2)6-8-16/h3-4,9H,5-8,10H2,1-2H3. The fourth-order valence-electron chi connectivity index (χ4n) is 2.00. The molecule has 16 heavy (non-hydrogen) atoms. The van der Waals surface area contributed by atoms with E-state index in [-0.39, 0.29) is 0 Å². The van der Waals surface area contributed by atoms with E-state index in [0.717, 1.165) is 6.54 Å². The number of hydrogen-bond donors (Lipinski definition) is 0. The maximum absolute atomic E-state index is 2.54. The smallest absolute Gasteiger partial charge is 0.0235 e. The highest BCUT2D eigenvalue weighted by atomic mass is 127. The van der Waals surface area contributed by atoms with E-state index in [1.54, 1.807) is 0 Å². The predicted octanol–water partition coefficient (Wildman–Crippen LogP) is 2.35. The van der Waals surface area contributed by atoms with Gasteiger partial charge in [-0.3, -0.25) is 4.90 Å². The molecule has 0 N–H and O–H groups in total. The summed E-state index contributed by atoms with van der Waals surface area (Å²) in [5.41, 5.74) is 2.82. The first kappa shape index (κ1) is 12.3. The number of benzene rings is 1. The summed E-state index contributed by atoms with van der Waals surface area (Å²) in [4.78, 5) is 4.94. The van der Waals surface area contributed by atoms with Crippen LogP contribution < -0.4 is 0 Å². The third kappa shape index (κ3) is 3.18. The Balaban J connectivity index is 1.96. The van der Waals surface area contributed by atoms with E-state index < -0.39 is 0 Å². The van der Waals surface area contributed by atoms with Gasteiger partial charge in [-0.1, -0.05) is 12.1 Å². The summed E-state index contributed by atoms with van der Waals surface area (Å²) in [6, 6.07) is 6.80. The Kier molecular flexibility index (Phi) is 4.21. The van der Waals surface area contributed by atoms with Gasteiger partial charge in [0.25, 0.3) is 0 Å². The lowest BCUT2D eigenvalue weighted by atomic mass is 10.1. The summed E-state index contributed by atoms with van der Waals surface area (Å²) < 4.78 is 1.38. The van der Waals surface area contributed by atoms with Crippen LogP contribution >= 0.6 is 22.6 Å². The average molecular weight is 330 g/mol. The van der Waals surface area contributed by atoms with E-state index in [2.05, 4.69) is 64.6 Å². The van der Waals surface area contributed by atoms with Crippen LogP contribution in [0.2, 0.25) is 0 Å². The van der Waals surface area contributed by atoms with Gasteiger partial charge in [0, 0.05) is 36.3 Å². The molecular weight excluding hydrogens is 311 g/mol. The van der Waals surface area contributed by atoms with Gasteiger partial charge in [-0.2, -0.15) is 0 Å². The zero-order chi connectivity index (χ0) is 11.5. The van der Waals surface area contributed by atoms with Crippen molar-refractivity contribution in [3.8, 4) is 0 Å². The summed E-state index contributed by atoms with van der Waals surface area (Å²) in [6.45, 7) is 8.05. The largest absolute Gasteiger partial charge is 0.304 e. The molecular formula is C13H19IN2. The highest BCUT2D eigenvalue weighted by Gasteiger charge is 2.13. The molecule has 0 bridgehead atoms. The van der Waals surface area contributed by atoms with Crippen LogP contribution in [0.5, 0.6) is 0 Å². The number of rotatable bonds is 2. The number of nitrogens with zero attached hydrogens (tertiary/aromatic N) is 2. The number of hydrogen-bond acceptors (Lipinski definition) is 2. The second kappa shape index (κ2) is 5.47. The molecule has 0 saturated carbocycles. The monoisotopic (exact) mass is 330 g/mol. The zero-order valence-corrected chi connectivity index (χ0v) is 12.2. The third-order valence-electron chi connectivity index (χ3n) is 3.24. The van der Waals surface area contributed by atoms with Crippen LogP contribution in [-0.4, -0.2) is 43.0 Å². The molecule has 1 fully saturated rings. The Labute approximate surface area is 112 Å². The van der Waals surface area contributed by atoms with Crippen molar-refractivity contribution < 1.29 is 0 Å². The van der Waals surface area contributed by atoms with Gasteiger partial charge in [-0.05, 0) is 53.8 Å². The van der Waals surface area contributed by atoms with Gasteiger partial charge in [0.2, 0.25) is 0 Å². The molecule has 88 valence electrons. The van der Waals surface area contributed by atoms with E-state index in [9.17, 15) is 0 Å². The van der Waals surface area contributed by atoms with Crippen LogP contribution in [0, 0.1) is 10.5 Å². The van der Waals surface area contributed by atoms with Gasteiger partial charge in [0.05, 0.1) is 0 Å². The second-order valence-corrected chi connectivity index (χ2v) is 5.83. The first-order valence-corrected chi connectivity index (χ1v) is 6.89. The summed E-state index contributed by atoms with van der Waals surface area (Å²) >= 11 is 2.42. The van der Waals surface area contributed by atoms with Crippen molar-refractivity contribution >= 4 is 22.6 Å². The van der Waals surface area contributed by atoms with Crippen molar-refractivity contribution in [1.29, 1.82) is 0 Å². The molecule has 1 aromatic carbocycles. The van der Waals surface area contributed by atoms with Crippen molar-refractivity contribution in [2.24, 2.45) is 0 Å². The number of piperazine rings is 1. The van der Waals surface area contributed by atoms with E-state index in [1.807, 2.05) is 0 Å². The lowest BCUT2D eigenvalue weighted by Crippen LogP contribution is -2.43. The van der Waals surface area contributed by atoms with Gasteiger partial charge in [-0.15, -0.1) is 0 Å². The molecule has 1 aliphatic heterocycles. The predicted molar refractivity (Wildman–Crippen MR) is 76.7 cm³/mol. The van der Waals surface area contributed by atoms with E-state index in [1.165, 1.54) is 40.9 Å². The van der Waals surface area contributed by atoms with Gasteiger partial charge >= 0.3 is 0 Å². The molecule has 0 unspecified atom stereocenters. The third-order valence-corrected chi connectivity index (χ3v) is 4.40. The summed E-state index contributed by atoms with van der Waals surface area (Å²) in [7, 11) is 2.20. The van der Waals surface area contributed by atoms with Crippen LogP contribution in [-0.2, 0) is 6.54 Å². The fourth-order valence-corrected chi connectivity index (χ4v) is 2.58. The number of aryl methyl sites for hydroxylation is 1. The minimum Gasteiger partial charge on any atom is -0.304 e. The average Bonchev–Trinajstić information content (AvgIpc) is 2.27. The molecule has 2 rings (SSSR count). The normalized spacial score (nSPS) is 18.9. The first-order chi connectivity index (χ1) is 7.65. The Morgan fingerprint density at radius 2 is 1.88 bits per heavy atom. The molecule has 1 aliphatic rings. The summed E-state index contributed by atoms with van der Waals surface area (Å²) in [6.07, 6.45) is 0. The maximum Gasteiger partial charge on any atom is 0.0235 e. The quantitative estimate of drug-likeness (QED) is 0.768. The van der Waals surface area contributed by atoms with Gasteiger partial charge < -0.3 is 4.90 Å². The van der Waals surface area contributed by atoms with Crippen molar-refractivity contribution in [3.05, 3.63) is 32.9 Å². The minimum atomic E-state index is 1.10. The lowest BCUT2D eigenvalue weighted by molar-refractivity contribution is 0.148. The fraction of sp³-hybridized carbons (Fsp3) is 0.538. The van der Waals surface area contributed by atoms with E-state index >= 15 is 0 Å². The minimum absolute atomic E-state index is 1.10. The molecule has 2 nitrogen and oxygen atoms in total. The highest BCUT2D eigenvalue weighted by Crippen LogP contribution is 2.15. The van der Waals surface area contributed by atoms with Crippen LogP contribution in [0.3, 0.4) is 0 Å². The Morgan fingerprint density at radius 3 is 2.50 bits per heavy atom. The Hall–Kier alpha value is -0.130. The lowest BCUT2D eigenvalue weighted by Gasteiger charge is -2.32. The van der Waals surface area contributed by atoms with Crippen molar-refractivity contribution in [1.82, 2.24) is 9.80 Å². The Morgan fingerprint density at radius 1 is 1.19 bits per heavy atom. The molecule has 0 radical (unpaired) electrons. The summed E-state index contributed by atoms with van der Waals surface area (Å²) in [5.74, 6) is 0. The van der Waals surface area contributed by atoms with E-state index in [0.29, 0.717) is 0 Å². The molecule has 0 aromatic heterocycles. The second-order valence-electron chi connectivity index (χ2n) is 4.66. The zero-order valence-electron chi connectivity index (χ0n) is 10.0. The van der Waals surface area contributed by atoms with Gasteiger partial charge in [-0.25, -0.2) is 0 Å². The van der Waals surface area contributed by atoms with Crippen LogP contribution in [0.15, 0.2) is 18.2 Å². The van der Waals surface area contributed by atoms with Crippen LogP contribution in [0.1, 0.15) is 11.1 Å². The highest BCUT2D eigenvalue weighted by molar-refractivity contribution is 14.1.